The van der Waals surface area contributed by atoms with Gasteiger partial charge in [-0.15, -0.1) is 0 Å². The lowest BCUT2D eigenvalue weighted by atomic mass is 9.61. The van der Waals surface area contributed by atoms with Gasteiger partial charge in [0.05, 0.1) is 28.8 Å². The summed E-state index contributed by atoms with van der Waals surface area (Å²) in [7, 11) is 0. The lowest BCUT2D eigenvalue weighted by molar-refractivity contribution is -0.0754. The van der Waals surface area contributed by atoms with Gasteiger partial charge in [-0.2, -0.15) is 10.4 Å². The predicted molar refractivity (Wildman–Crippen MR) is 124 cm³/mol. The number of nitriles is 1. The van der Waals surface area contributed by atoms with E-state index >= 15 is 0 Å². The van der Waals surface area contributed by atoms with Crippen LogP contribution in [0.4, 0.5) is 5.82 Å². The van der Waals surface area contributed by atoms with Crippen molar-refractivity contribution in [3.05, 3.63) is 41.9 Å². The summed E-state index contributed by atoms with van der Waals surface area (Å²) < 4.78 is 1.89. The molecular formula is C26H28N6O. The molecule has 168 valence electrons. The highest BCUT2D eigenvalue weighted by atomic mass is 16.3. The number of fused-ring (bicyclic) bond motifs is 2. The normalized spacial score (nSPS) is 31.0. The molecule has 2 aliphatic heterocycles. The standard InChI is InChI=1S/C26H28N6O/c1-16-29-21(31-15-25(23(2,3)33)10-19(31)11-25)9-22(30-16)32-20-8-18(5-4-17(20)12-28-32)26(14-27)13-24(26)6-7-24/h4-5,8-9,12,19,33H,6-7,10-11,13,15H2,1-3H3/t19?,25?,26-/m0/s1. The van der Waals surface area contributed by atoms with Crippen LogP contribution in [0.5, 0.6) is 0 Å². The molecule has 1 aromatic carbocycles. The van der Waals surface area contributed by atoms with Crippen LogP contribution in [0.1, 0.15) is 57.3 Å². The number of aromatic nitrogens is 4. The van der Waals surface area contributed by atoms with Crippen molar-refractivity contribution in [1.29, 1.82) is 5.26 Å². The quantitative estimate of drug-likeness (QED) is 0.663. The SMILES string of the molecule is Cc1nc(N2CC3(C(C)(C)O)CC2C3)cc(-n2ncc3ccc([C@@]4(C#N)CC45CC5)cc32)n1. The molecule has 0 radical (unpaired) electrons. The molecule has 4 heterocycles. The highest BCUT2D eigenvalue weighted by Crippen LogP contribution is 2.78. The molecule has 0 amide bonds. The van der Waals surface area contributed by atoms with Crippen LogP contribution in [0, 0.1) is 29.1 Å². The van der Waals surface area contributed by atoms with Crippen LogP contribution in [0.25, 0.3) is 16.7 Å². The highest BCUT2D eigenvalue weighted by Gasteiger charge is 2.75. The van der Waals surface area contributed by atoms with Gasteiger partial charge in [0.1, 0.15) is 11.6 Å². The Labute approximate surface area is 193 Å². The number of benzene rings is 1. The molecule has 5 aliphatic rings. The molecule has 7 heteroatoms. The van der Waals surface area contributed by atoms with E-state index in [9.17, 15) is 10.4 Å². The summed E-state index contributed by atoms with van der Waals surface area (Å²) in [6.45, 7) is 6.59. The number of rotatable bonds is 4. The zero-order chi connectivity index (χ0) is 22.8. The summed E-state index contributed by atoms with van der Waals surface area (Å²) in [4.78, 5) is 11.8. The van der Waals surface area contributed by atoms with Crippen LogP contribution in [-0.2, 0) is 5.41 Å². The van der Waals surface area contributed by atoms with Crippen molar-refractivity contribution in [2.45, 2.75) is 69.9 Å². The van der Waals surface area contributed by atoms with Crippen molar-refractivity contribution in [1.82, 2.24) is 19.7 Å². The van der Waals surface area contributed by atoms with Gasteiger partial charge in [-0.25, -0.2) is 14.6 Å². The average Bonchev–Trinajstić information content (AvgIpc) is 3.43. The molecule has 1 spiro atoms. The van der Waals surface area contributed by atoms with E-state index in [1.165, 1.54) is 0 Å². The molecular weight excluding hydrogens is 412 g/mol. The van der Waals surface area contributed by atoms with Crippen LogP contribution in [0.2, 0.25) is 0 Å². The molecule has 33 heavy (non-hydrogen) atoms. The van der Waals surface area contributed by atoms with Crippen LogP contribution in [0.15, 0.2) is 30.5 Å². The minimum atomic E-state index is -0.698. The number of nitrogens with zero attached hydrogens (tertiary/aromatic N) is 6. The third-order valence-electron chi connectivity index (χ3n) is 9.28. The summed E-state index contributed by atoms with van der Waals surface area (Å²) in [5.74, 6) is 2.35. The second-order valence-corrected chi connectivity index (χ2v) is 11.5. The van der Waals surface area contributed by atoms with E-state index in [2.05, 4.69) is 34.3 Å². The Morgan fingerprint density at radius 3 is 2.55 bits per heavy atom. The molecule has 5 fully saturated rings. The Bertz CT molecular complexity index is 1370. The molecule has 3 saturated carbocycles. The van der Waals surface area contributed by atoms with Gasteiger partial charge in [-0.3, -0.25) is 0 Å². The van der Waals surface area contributed by atoms with Crippen LogP contribution in [0.3, 0.4) is 0 Å². The van der Waals surface area contributed by atoms with E-state index in [4.69, 9.17) is 9.97 Å². The smallest absolute Gasteiger partial charge is 0.159 e. The Morgan fingerprint density at radius 1 is 1.15 bits per heavy atom. The molecule has 0 unspecified atom stereocenters. The molecule has 3 aliphatic carbocycles. The molecule has 3 aromatic rings. The first kappa shape index (κ1) is 19.5. The molecule has 2 saturated heterocycles. The van der Waals surface area contributed by atoms with Crippen LogP contribution < -0.4 is 4.90 Å². The highest BCUT2D eigenvalue weighted by molar-refractivity contribution is 5.82. The monoisotopic (exact) mass is 440 g/mol. The van der Waals surface area contributed by atoms with Gasteiger partial charge in [0, 0.05) is 29.5 Å². The molecule has 1 atom stereocenters. The predicted octanol–water partition coefficient (Wildman–Crippen LogP) is 3.81. The van der Waals surface area contributed by atoms with Gasteiger partial charge in [-0.05, 0) is 69.9 Å². The average molecular weight is 441 g/mol. The van der Waals surface area contributed by atoms with Gasteiger partial charge >= 0.3 is 0 Å². The Balaban J connectivity index is 1.28. The van der Waals surface area contributed by atoms with Crippen molar-refractivity contribution in [3.63, 3.8) is 0 Å². The van der Waals surface area contributed by atoms with Gasteiger partial charge in [0.2, 0.25) is 0 Å². The van der Waals surface area contributed by atoms with E-state index < -0.39 is 5.60 Å². The number of hydrogen-bond donors (Lipinski definition) is 1. The molecule has 2 aromatic heterocycles. The Kier molecular flexibility index (Phi) is 3.39. The first-order chi connectivity index (χ1) is 15.7. The van der Waals surface area contributed by atoms with Crippen molar-refractivity contribution >= 4 is 16.7 Å². The van der Waals surface area contributed by atoms with Crippen molar-refractivity contribution in [2.75, 3.05) is 11.4 Å². The number of hydrogen-bond acceptors (Lipinski definition) is 6. The summed E-state index contributed by atoms with van der Waals surface area (Å²) in [5.41, 5.74) is 1.23. The lowest BCUT2D eigenvalue weighted by Gasteiger charge is -2.45. The Morgan fingerprint density at radius 2 is 1.91 bits per heavy atom. The first-order valence-electron chi connectivity index (χ1n) is 11.9. The summed E-state index contributed by atoms with van der Waals surface area (Å²) in [5, 5.41) is 26.4. The fourth-order valence-corrected chi connectivity index (χ4v) is 6.72. The van der Waals surface area contributed by atoms with E-state index in [0.29, 0.717) is 11.9 Å². The Hall–Kier alpha value is -2.98. The topological polar surface area (TPSA) is 90.9 Å². The molecule has 7 nitrogen and oxygen atoms in total. The second-order valence-electron chi connectivity index (χ2n) is 11.5. The zero-order valence-corrected chi connectivity index (χ0v) is 19.3. The maximum absolute atomic E-state index is 10.7. The van der Waals surface area contributed by atoms with Gasteiger partial charge in [-0.1, -0.05) is 12.1 Å². The third kappa shape index (κ3) is 2.40. The summed E-state index contributed by atoms with van der Waals surface area (Å²) >= 11 is 0. The van der Waals surface area contributed by atoms with Gasteiger partial charge in [0.25, 0.3) is 0 Å². The second kappa shape index (κ2) is 5.74. The third-order valence-corrected chi connectivity index (χ3v) is 9.28. The lowest BCUT2D eigenvalue weighted by Crippen LogP contribution is -2.50. The molecule has 8 rings (SSSR count). The largest absolute Gasteiger partial charge is 0.390 e. The van der Waals surface area contributed by atoms with Crippen LogP contribution in [-0.4, -0.2) is 43.0 Å². The van der Waals surface area contributed by atoms with E-state index in [1.54, 1.807) is 0 Å². The fourth-order valence-electron chi connectivity index (χ4n) is 6.72. The summed E-state index contributed by atoms with van der Waals surface area (Å²) in [6.07, 6.45) is 7.17. The minimum absolute atomic E-state index is 0.0569. The fraction of sp³-hybridized carbons (Fsp3) is 0.538. The van der Waals surface area contributed by atoms with Gasteiger partial charge < -0.3 is 10.0 Å². The van der Waals surface area contributed by atoms with E-state index in [1.807, 2.05) is 37.7 Å². The van der Waals surface area contributed by atoms with Crippen molar-refractivity contribution in [3.8, 4) is 11.9 Å². The molecule has 2 bridgehead atoms. The first-order valence-corrected chi connectivity index (χ1v) is 11.9. The number of aliphatic hydroxyl groups is 1. The number of anilines is 1. The van der Waals surface area contributed by atoms with E-state index in [0.717, 1.165) is 66.8 Å². The van der Waals surface area contributed by atoms with Crippen molar-refractivity contribution in [2.24, 2.45) is 10.8 Å². The van der Waals surface area contributed by atoms with E-state index in [-0.39, 0.29) is 16.2 Å². The summed E-state index contributed by atoms with van der Waals surface area (Å²) in [6, 6.07) is 11.4. The minimum Gasteiger partial charge on any atom is -0.390 e. The number of aryl methyl sites for hydroxylation is 1. The zero-order valence-electron chi connectivity index (χ0n) is 19.3. The molecule has 1 N–H and O–H groups in total. The maximum atomic E-state index is 10.7. The van der Waals surface area contributed by atoms with Crippen LogP contribution >= 0.6 is 0 Å². The van der Waals surface area contributed by atoms with Crippen molar-refractivity contribution < 1.29 is 5.11 Å². The van der Waals surface area contributed by atoms with Gasteiger partial charge in [0.15, 0.2) is 5.82 Å². The maximum Gasteiger partial charge on any atom is 0.159 e.